The molecular weight excluding hydrogens is 414 g/mol. The van der Waals surface area contributed by atoms with Crippen LogP contribution in [0.1, 0.15) is 42.5 Å². The molecule has 2 fully saturated rings. The molecule has 1 saturated heterocycles. The van der Waals surface area contributed by atoms with Crippen LogP contribution in [0.2, 0.25) is 0 Å². The normalized spacial score (nSPS) is 25.0. The van der Waals surface area contributed by atoms with Gasteiger partial charge in [0.2, 0.25) is 11.8 Å². The zero-order valence-corrected chi connectivity index (χ0v) is 18.6. The number of carbonyl (C=O) groups excluding carboxylic acids is 3. The highest BCUT2D eigenvalue weighted by Crippen LogP contribution is 2.32. The first kappa shape index (κ1) is 22.5. The minimum absolute atomic E-state index is 0.0185. The third-order valence-corrected chi connectivity index (χ3v) is 6.27. The Balaban J connectivity index is 1.41. The first-order valence-corrected chi connectivity index (χ1v) is 11.2. The van der Waals surface area contributed by atoms with E-state index >= 15 is 0 Å². The maximum atomic E-state index is 13.2. The summed E-state index contributed by atoms with van der Waals surface area (Å²) < 4.78 is 17.0. The summed E-state index contributed by atoms with van der Waals surface area (Å²) in [6.07, 6.45) is 3.67. The fourth-order valence-corrected chi connectivity index (χ4v) is 4.29. The molecule has 2 heterocycles. The minimum atomic E-state index is -0.312. The van der Waals surface area contributed by atoms with E-state index in [9.17, 15) is 14.4 Å². The highest BCUT2D eigenvalue weighted by atomic mass is 16.5. The van der Waals surface area contributed by atoms with E-state index in [4.69, 9.17) is 14.2 Å². The second-order valence-electron chi connectivity index (χ2n) is 8.81. The average molecular weight is 446 g/mol. The Morgan fingerprint density at radius 2 is 2.00 bits per heavy atom. The Morgan fingerprint density at radius 3 is 2.75 bits per heavy atom. The number of amides is 3. The molecule has 2 aliphatic heterocycles. The largest absolute Gasteiger partial charge is 0.490 e. The van der Waals surface area contributed by atoms with Crippen LogP contribution >= 0.6 is 0 Å². The molecule has 9 nitrogen and oxygen atoms in total. The van der Waals surface area contributed by atoms with Gasteiger partial charge in [-0.25, -0.2) is 0 Å². The van der Waals surface area contributed by atoms with Crippen molar-refractivity contribution in [3.8, 4) is 5.75 Å². The monoisotopic (exact) mass is 445 g/mol. The van der Waals surface area contributed by atoms with E-state index in [0.29, 0.717) is 35.8 Å². The quantitative estimate of drug-likeness (QED) is 0.660. The molecule has 4 rings (SSSR count). The molecule has 0 spiro atoms. The van der Waals surface area contributed by atoms with E-state index in [2.05, 4.69) is 10.6 Å². The van der Waals surface area contributed by atoms with Crippen molar-refractivity contribution in [1.29, 1.82) is 0 Å². The lowest BCUT2D eigenvalue weighted by molar-refractivity contribution is -0.134. The lowest BCUT2D eigenvalue weighted by atomic mass is 9.94. The zero-order chi connectivity index (χ0) is 22.7. The Kier molecular flexibility index (Phi) is 6.95. The molecule has 9 heteroatoms. The summed E-state index contributed by atoms with van der Waals surface area (Å²) in [4.78, 5) is 38.9. The average Bonchev–Trinajstić information content (AvgIpc) is 3.60. The number of nitrogens with one attached hydrogen (secondary N) is 2. The molecular formula is C23H31N3O6. The Bertz CT molecular complexity index is 871. The zero-order valence-electron chi connectivity index (χ0n) is 18.6. The highest BCUT2D eigenvalue weighted by molar-refractivity contribution is 6.00. The van der Waals surface area contributed by atoms with Gasteiger partial charge in [-0.05, 0) is 49.8 Å². The van der Waals surface area contributed by atoms with Crippen molar-refractivity contribution in [2.24, 2.45) is 5.92 Å². The minimum Gasteiger partial charge on any atom is -0.490 e. The van der Waals surface area contributed by atoms with Gasteiger partial charge < -0.3 is 29.7 Å². The van der Waals surface area contributed by atoms with Crippen LogP contribution in [0.4, 0.5) is 5.69 Å². The summed E-state index contributed by atoms with van der Waals surface area (Å²) in [6, 6.07) is 4.84. The molecule has 3 atom stereocenters. The number of anilines is 1. The fraction of sp³-hybridized carbons (Fsp3) is 0.609. The van der Waals surface area contributed by atoms with Crippen LogP contribution in [0, 0.1) is 5.92 Å². The SMILES string of the molecule is COCC(=O)Nc1ccc2c(c1)C(=O)N(C)[C@@H]1CC[C@@H](CC(=O)NCC3CC3)O[C@H]1CO2. The van der Waals surface area contributed by atoms with Crippen LogP contribution < -0.4 is 15.4 Å². The molecule has 0 aromatic heterocycles. The van der Waals surface area contributed by atoms with E-state index in [-0.39, 0.29) is 49.2 Å². The number of nitrogens with zero attached hydrogens (tertiary/aromatic N) is 1. The lowest BCUT2D eigenvalue weighted by Gasteiger charge is -2.42. The molecule has 0 bridgehead atoms. The second kappa shape index (κ2) is 9.87. The Labute approximate surface area is 187 Å². The van der Waals surface area contributed by atoms with Crippen LogP contribution in [0.25, 0.3) is 0 Å². The predicted molar refractivity (Wildman–Crippen MR) is 117 cm³/mol. The number of fused-ring (bicyclic) bond motifs is 2. The number of hydrogen-bond donors (Lipinski definition) is 2. The van der Waals surface area contributed by atoms with Crippen molar-refractivity contribution in [2.45, 2.75) is 50.4 Å². The van der Waals surface area contributed by atoms with Crippen molar-refractivity contribution in [3.05, 3.63) is 23.8 Å². The number of methoxy groups -OCH3 is 1. The van der Waals surface area contributed by atoms with E-state index in [1.165, 1.54) is 20.0 Å². The molecule has 2 N–H and O–H groups in total. The number of rotatable bonds is 7. The maximum absolute atomic E-state index is 13.2. The van der Waals surface area contributed by atoms with E-state index in [1.54, 1.807) is 30.1 Å². The molecule has 32 heavy (non-hydrogen) atoms. The van der Waals surface area contributed by atoms with Crippen molar-refractivity contribution in [2.75, 3.05) is 39.2 Å². The van der Waals surface area contributed by atoms with Crippen molar-refractivity contribution in [3.63, 3.8) is 0 Å². The predicted octanol–water partition coefficient (Wildman–Crippen LogP) is 1.57. The van der Waals surface area contributed by atoms with Crippen LogP contribution in [0.15, 0.2) is 18.2 Å². The standard InChI is InChI=1S/C23H31N3O6/c1-26-18-7-6-16(10-21(27)24-11-14-3-4-14)32-20(18)12-31-19-8-5-15(9-17(19)23(26)29)25-22(28)13-30-2/h5,8-9,14,16,18,20H,3-4,6-7,10-13H2,1-2H3,(H,24,27)(H,25,28)/t16-,18+,20-/m0/s1. The third-order valence-electron chi connectivity index (χ3n) is 6.27. The van der Waals surface area contributed by atoms with Gasteiger partial charge in [-0.1, -0.05) is 0 Å². The summed E-state index contributed by atoms with van der Waals surface area (Å²) in [5.41, 5.74) is 0.896. The van der Waals surface area contributed by atoms with Crippen LogP contribution in [0.5, 0.6) is 5.75 Å². The van der Waals surface area contributed by atoms with Crippen LogP contribution in [-0.2, 0) is 19.1 Å². The first-order valence-electron chi connectivity index (χ1n) is 11.2. The molecule has 0 unspecified atom stereocenters. The van der Waals surface area contributed by atoms with E-state index in [1.807, 2.05) is 0 Å². The highest BCUT2D eigenvalue weighted by Gasteiger charge is 2.39. The second-order valence-corrected chi connectivity index (χ2v) is 8.81. The molecule has 0 radical (unpaired) electrons. The fourth-order valence-electron chi connectivity index (χ4n) is 4.29. The Hall–Kier alpha value is -2.65. The third kappa shape index (κ3) is 5.39. The van der Waals surface area contributed by atoms with Crippen molar-refractivity contribution >= 4 is 23.4 Å². The number of ether oxygens (including phenoxy) is 3. The lowest BCUT2D eigenvalue weighted by Crippen LogP contribution is -2.54. The van der Waals surface area contributed by atoms with Gasteiger partial charge >= 0.3 is 0 Å². The van der Waals surface area contributed by atoms with Gasteiger partial charge in [0.1, 0.15) is 25.1 Å². The molecule has 1 aromatic carbocycles. The Morgan fingerprint density at radius 1 is 1.19 bits per heavy atom. The van der Waals surface area contributed by atoms with Gasteiger partial charge in [-0.3, -0.25) is 14.4 Å². The number of hydrogen-bond acceptors (Lipinski definition) is 6. The summed E-state index contributed by atoms with van der Waals surface area (Å²) in [7, 11) is 3.21. The first-order chi connectivity index (χ1) is 15.4. The number of carbonyl (C=O) groups is 3. The topological polar surface area (TPSA) is 106 Å². The summed E-state index contributed by atoms with van der Waals surface area (Å²) in [6.45, 7) is 0.968. The maximum Gasteiger partial charge on any atom is 0.257 e. The number of benzene rings is 1. The smallest absolute Gasteiger partial charge is 0.257 e. The van der Waals surface area contributed by atoms with Gasteiger partial charge in [0.05, 0.1) is 24.1 Å². The van der Waals surface area contributed by atoms with Crippen LogP contribution in [-0.4, -0.2) is 74.8 Å². The van der Waals surface area contributed by atoms with E-state index < -0.39 is 0 Å². The van der Waals surface area contributed by atoms with Gasteiger partial charge in [0.25, 0.3) is 5.91 Å². The molecule has 1 aromatic rings. The van der Waals surface area contributed by atoms with Crippen molar-refractivity contribution < 1.29 is 28.6 Å². The van der Waals surface area contributed by atoms with E-state index in [0.717, 1.165) is 13.0 Å². The number of likely N-dealkylation sites (N-methyl/N-ethyl adjacent to an activating group) is 1. The summed E-state index contributed by atoms with van der Waals surface area (Å²) >= 11 is 0. The van der Waals surface area contributed by atoms with Crippen molar-refractivity contribution in [1.82, 2.24) is 10.2 Å². The van der Waals surface area contributed by atoms with Gasteiger partial charge in [-0.15, -0.1) is 0 Å². The molecule has 174 valence electrons. The van der Waals surface area contributed by atoms with Gasteiger partial charge in [0.15, 0.2) is 0 Å². The summed E-state index contributed by atoms with van der Waals surface area (Å²) in [5.74, 6) is 0.612. The van der Waals surface area contributed by atoms with Gasteiger partial charge in [0, 0.05) is 26.4 Å². The summed E-state index contributed by atoms with van der Waals surface area (Å²) in [5, 5.41) is 5.70. The molecule has 3 aliphatic rings. The molecule has 3 amide bonds. The molecule has 1 aliphatic carbocycles. The van der Waals surface area contributed by atoms with Crippen LogP contribution in [0.3, 0.4) is 0 Å². The molecule has 1 saturated carbocycles. The van der Waals surface area contributed by atoms with Gasteiger partial charge in [-0.2, -0.15) is 0 Å².